The van der Waals surface area contributed by atoms with Crippen LogP contribution in [0.15, 0.2) is 111 Å². The second-order valence-corrected chi connectivity index (χ2v) is 14.0. The zero-order valence-corrected chi connectivity index (χ0v) is 29.2. The number of amides is 2. The van der Waals surface area contributed by atoms with E-state index in [9.17, 15) is 18.0 Å². The Morgan fingerprint density at radius 1 is 0.889 bits per heavy atom. The molecule has 2 amide bonds. The van der Waals surface area contributed by atoms with E-state index in [1.54, 1.807) is 30.3 Å². The van der Waals surface area contributed by atoms with Crippen LogP contribution in [0.1, 0.15) is 23.6 Å². The highest BCUT2D eigenvalue weighted by Crippen LogP contribution is 2.31. The molecule has 0 aliphatic rings. The minimum Gasteiger partial charge on any atom is -0.496 e. The summed E-state index contributed by atoms with van der Waals surface area (Å²) in [5.74, 6) is -0.379. The fraction of sp³-hybridized carbons (Fsp3) is 0.235. The third-order valence-corrected chi connectivity index (χ3v) is 10.1. The Morgan fingerprint density at radius 2 is 1.56 bits per heavy atom. The van der Waals surface area contributed by atoms with E-state index in [1.165, 1.54) is 24.1 Å². The normalized spacial score (nSPS) is 11.8. The Morgan fingerprint density at radius 3 is 2.16 bits per heavy atom. The second kappa shape index (κ2) is 15.6. The van der Waals surface area contributed by atoms with Crippen molar-refractivity contribution in [1.82, 2.24) is 10.2 Å². The molecule has 0 saturated carbocycles. The number of likely N-dealkylation sites (N-methyl/N-ethyl adjacent to an activating group) is 1. The van der Waals surface area contributed by atoms with Gasteiger partial charge in [-0.2, -0.15) is 0 Å². The Labute approximate surface area is 281 Å². The van der Waals surface area contributed by atoms with E-state index in [-0.39, 0.29) is 23.8 Å². The number of nitrogens with zero attached hydrogens (tertiary/aromatic N) is 2. The molecule has 11 heteroatoms. The number of benzene rings is 4. The zero-order chi connectivity index (χ0) is 32.6. The van der Waals surface area contributed by atoms with Crippen LogP contribution in [0.5, 0.6) is 5.75 Å². The maximum Gasteiger partial charge on any atom is 0.264 e. The van der Waals surface area contributed by atoms with Gasteiger partial charge in [0.25, 0.3) is 10.0 Å². The molecule has 0 saturated heterocycles. The molecule has 1 N–H and O–H groups in total. The van der Waals surface area contributed by atoms with Crippen LogP contribution in [0.25, 0.3) is 0 Å². The van der Waals surface area contributed by atoms with E-state index in [2.05, 4.69) is 37.2 Å². The van der Waals surface area contributed by atoms with Crippen LogP contribution in [0.3, 0.4) is 0 Å². The van der Waals surface area contributed by atoms with Crippen molar-refractivity contribution in [1.29, 1.82) is 0 Å². The molecule has 0 aliphatic carbocycles. The highest BCUT2D eigenvalue weighted by atomic mass is 79.9. The third kappa shape index (κ3) is 8.74. The number of hydrogen-bond donors (Lipinski definition) is 1. The molecule has 45 heavy (non-hydrogen) atoms. The number of halogens is 2. The van der Waals surface area contributed by atoms with Gasteiger partial charge in [-0.1, -0.05) is 76.1 Å². The molecule has 0 aromatic heterocycles. The van der Waals surface area contributed by atoms with Gasteiger partial charge in [0.2, 0.25) is 11.8 Å². The topological polar surface area (TPSA) is 96.0 Å². The van der Waals surface area contributed by atoms with Crippen molar-refractivity contribution in [2.75, 3.05) is 24.5 Å². The second-order valence-electron chi connectivity index (χ2n) is 10.4. The minimum atomic E-state index is -4.24. The molecular weight excluding hydrogens is 722 g/mol. The van der Waals surface area contributed by atoms with E-state index in [1.807, 2.05) is 68.4 Å². The summed E-state index contributed by atoms with van der Waals surface area (Å²) < 4.78 is 36.2. The predicted octanol–water partition coefficient (Wildman–Crippen LogP) is 6.50. The zero-order valence-electron chi connectivity index (χ0n) is 25.2. The maximum absolute atomic E-state index is 14.5. The van der Waals surface area contributed by atoms with E-state index >= 15 is 0 Å². The van der Waals surface area contributed by atoms with Gasteiger partial charge >= 0.3 is 0 Å². The maximum atomic E-state index is 14.5. The first-order valence-corrected chi connectivity index (χ1v) is 17.3. The number of rotatable bonds is 13. The van der Waals surface area contributed by atoms with Gasteiger partial charge in [0.15, 0.2) is 0 Å². The Hall–Kier alpha value is -3.67. The van der Waals surface area contributed by atoms with Gasteiger partial charge in [0.1, 0.15) is 18.3 Å². The molecular formula is C34H35Br2N3O5S. The van der Waals surface area contributed by atoms with Gasteiger partial charge in [0.05, 0.1) is 22.2 Å². The summed E-state index contributed by atoms with van der Waals surface area (Å²) in [6.45, 7) is 3.65. The van der Waals surface area contributed by atoms with Gasteiger partial charge in [-0.3, -0.25) is 13.9 Å². The Kier molecular flexibility index (Phi) is 11.8. The summed E-state index contributed by atoms with van der Waals surface area (Å²) in [5, 5.41) is 2.87. The Balaban J connectivity index is 1.80. The average molecular weight is 758 g/mol. The molecule has 0 aliphatic heterocycles. The van der Waals surface area contributed by atoms with Gasteiger partial charge < -0.3 is 15.0 Å². The molecule has 236 valence electrons. The van der Waals surface area contributed by atoms with Crippen molar-refractivity contribution in [2.24, 2.45) is 0 Å². The molecule has 0 bridgehead atoms. The molecule has 4 rings (SSSR count). The van der Waals surface area contributed by atoms with Crippen LogP contribution in [-0.2, 0) is 32.6 Å². The summed E-state index contributed by atoms with van der Waals surface area (Å²) in [5.41, 5.74) is 2.92. The van der Waals surface area contributed by atoms with Crippen molar-refractivity contribution in [3.63, 3.8) is 0 Å². The average Bonchev–Trinajstić information content (AvgIpc) is 3.03. The molecule has 4 aromatic carbocycles. The van der Waals surface area contributed by atoms with E-state index < -0.39 is 28.5 Å². The van der Waals surface area contributed by atoms with Gasteiger partial charge in [-0.05, 0) is 83.4 Å². The van der Waals surface area contributed by atoms with E-state index in [4.69, 9.17) is 4.74 Å². The number of anilines is 1. The van der Waals surface area contributed by atoms with Gasteiger partial charge in [0, 0.05) is 24.0 Å². The first-order valence-electron chi connectivity index (χ1n) is 14.3. The van der Waals surface area contributed by atoms with E-state index in [0.717, 1.165) is 25.5 Å². The van der Waals surface area contributed by atoms with Crippen LogP contribution in [0, 0.1) is 6.92 Å². The molecule has 0 radical (unpaired) electrons. The monoisotopic (exact) mass is 755 g/mol. The molecule has 0 fully saturated rings. The van der Waals surface area contributed by atoms with Gasteiger partial charge in [-0.25, -0.2) is 8.42 Å². The highest BCUT2D eigenvalue weighted by molar-refractivity contribution is 9.10. The van der Waals surface area contributed by atoms with Crippen molar-refractivity contribution in [3.05, 3.63) is 123 Å². The smallest absolute Gasteiger partial charge is 0.264 e. The number of hydrogen-bond acceptors (Lipinski definition) is 5. The summed E-state index contributed by atoms with van der Waals surface area (Å²) in [6, 6.07) is 27.4. The lowest BCUT2D eigenvalue weighted by Crippen LogP contribution is -2.53. The Bertz CT molecular complexity index is 1720. The summed E-state index contributed by atoms with van der Waals surface area (Å²) in [4.78, 5) is 29.5. The fourth-order valence-corrected chi connectivity index (χ4v) is 7.20. The minimum absolute atomic E-state index is 0.0208. The summed E-state index contributed by atoms with van der Waals surface area (Å²) in [6.07, 6.45) is 0.248. The summed E-state index contributed by atoms with van der Waals surface area (Å²) in [7, 11) is -2.75. The third-order valence-electron chi connectivity index (χ3n) is 7.20. The predicted molar refractivity (Wildman–Crippen MR) is 184 cm³/mol. The lowest BCUT2D eigenvalue weighted by molar-refractivity contribution is -0.140. The lowest BCUT2D eigenvalue weighted by Gasteiger charge is -2.34. The van der Waals surface area contributed by atoms with Crippen LogP contribution in [0.4, 0.5) is 5.69 Å². The van der Waals surface area contributed by atoms with Crippen molar-refractivity contribution < 1.29 is 22.7 Å². The number of aryl methyl sites for hydroxylation is 1. The number of ether oxygens (including phenoxy) is 1. The lowest BCUT2D eigenvalue weighted by atomic mass is 10.0. The number of carbonyl (C=O) groups excluding carboxylic acids is 2. The van der Waals surface area contributed by atoms with Crippen LogP contribution in [-0.4, -0.2) is 51.4 Å². The van der Waals surface area contributed by atoms with Crippen LogP contribution >= 0.6 is 31.9 Å². The van der Waals surface area contributed by atoms with Crippen LogP contribution in [0.2, 0.25) is 0 Å². The number of carbonyl (C=O) groups is 2. The van der Waals surface area contributed by atoms with Crippen LogP contribution < -0.4 is 14.4 Å². The first-order chi connectivity index (χ1) is 21.5. The standard InChI is InChI=1S/C34H35Br2N3O5S/c1-4-37-34(41)31(20-25-8-6-5-7-9-25)38(22-26-12-14-27(35)15-13-26)33(40)23-39(28-16-10-24(2)11-17-28)45(42,43)29-18-19-32(44-3)30(36)21-29/h5-19,21,31H,4,20,22-23H2,1-3H3,(H,37,41)/t31-/m1/s1. The number of sulfonamides is 1. The number of methoxy groups -OCH3 is 1. The van der Waals surface area contributed by atoms with E-state index in [0.29, 0.717) is 22.5 Å². The summed E-state index contributed by atoms with van der Waals surface area (Å²) >= 11 is 6.83. The highest BCUT2D eigenvalue weighted by Gasteiger charge is 2.34. The molecule has 1 atom stereocenters. The molecule has 0 unspecified atom stereocenters. The SMILES string of the molecule is CCNC(=O)[C@@H](Cc1ccccc1)N(Cc1ccc(Br)cc1)C(=O)CN(c1ccc(C)cc1)S(=O)(=O)c1ccc(OC)c(Br)c1. The largest absolute Gasteiger partial charge is 0.496 e. The van der Waals surface area contributed by atoms with Gasteiger partial charge in [-0.15, -0.1) is 0 Å². The number of nitrogens with one attached hydrogen (secondary N) is 1. The molecule has 8 nitrogen and oxygen atoms in total. The van der Waals surface area contributed by atoms with Crippen molar-refractivity contribution in [2.45, 2.75) is 37.8 Å². The molecule has 0 spiro atoms. The van der Waals surface area contributed by atoms with Crippen molar-refractivity contribution >= 4 is 59.4 Å². The quantitative estimate of drug-likeness (QED) is 0.168. The fourth-order valence-electron chi connectivity index (χ4n) is 4.81. The first kappa shape index (κ1) is 34.2. The molecule has 0 heterocycles. The molecule has 4 aromatic rings. The van der Waals surface area contributed by atoms with Crippen molar-refractivity contribution in [3.8, 4) is 5.75 Å².